The Bertz CT molecular complexity index is 422. The molecule has 0 nitrogen and oxygen atoms in total. The molecule has 2 unspecified atom stereocenters. The van der Waals surface area contributed by atoms with E-state index in [1.165, 1.54) is 21.7 Å². The van der Waals surface area contributed by atoms with Crippen molar-refractivity contribution >= 4 is 29.1 Å². The van der Waals surface area contributed by atoms with E-state index in [9.17, 15) is 0 Å². The van der Waals surface area contributed by atoms with Crippen LogP contribution in [0.2, 0.25) is 0 Å². The van der Waals surface area contributed by atoms with Gasteiger partial charge in [0.15, 0.2) is 0 Å². The van der Waals surface area contributed by atoms with Gasteiger partial charge in [0.1, 0.15) is 0 Å². The van der Waals surface area contributed by atoms with Gasteiger partial charge in [0.25, 0.3) is 0 Å². The number of rotatable bonds is 1. The van der Waals surface area contributed by atoms with Crippen LogP contribution in [0.4, 0.5) is 0 Å². The van der Waals surface area contributed by atoms with Gasteiger partial charge in [-0.3, -0.25) is 0 Å². The van der Waals surface area contributed by atoms with E-state index in [4.69, 9.17) is 0 Å². The molecule has 0 radical (unpaired) electrons. The second-order valence-electron chi connectivity index (χ2n) is 3.17. The van der Waals surface area contributed by atoms with Crippen molar-refractivity contribution < 1.29 is 151 Å². The molecule has 2 aromatic rings. The summed E-state index contributed by atoms with van der Waals surface area (Å²) in [6.07, 6.45) is 0. The second-order valence-corrected chi connectivity index (χ2v) is 4.42. The minimum atomic E-state index is 0. The van der Waals surface area contributed by atoms with Crippen LogP contribution in [0.3, 0.4) is 0 Å². The molecule has 2 aromatic carbocycles. The van der Waals surface area contributed by atoms with Gasteiger partial charge in [-0.05, 0) is 21.7 Å². The first-order valence-electron chi connectivity index (χ1n) is 6.48. The van der Waals surface area contributed by atoms with Crippen LogP contribution in [0.25, 0.3) is 11.1 Å². The Morgan fingerprint density at radius 2 is 0.727 bits per heavy atom. The van der Waals surface area contributed by atoms with Crippen molar-refractivity contribution in [3.05, 3.63) is 48.5 Å². The molecule has 0 N–H and O–H groups in total. The summed E-state index contributed by atoms with van der Waals surface area (Å²) in [6, 6.07) is 16.7. The van der Waals surface area contributed by atoms with Crippen LogP contribution in [-0.2, 0) is 0 Å². The van der Waals surface area contributed by atoms with Gasteiger partial charge < -0.3 is 0 Å². The molecule has 22 heavy (non-hydrogen) atoms. The fourth-order valence-corrected chi connectivity index (χ4v) is 2.21. The van der Waals surface area contributed by atoms with Crippen molar-refractivity contribution in [3.8, 4) is 11.1 Å². The maximum Gasteiger partial charge on any atom is 0 e. The molecule has 0 heterocycles. The van der Waals surface area contributed by atoms with E-state index < -0.39 is 0 Å². The first-order chi connectivity index (χ1) is 8.79. The van der Waals surface area contributed by atoms with Gasteiger partial charge in [0.05, 0.1) is 0 Å². The molecule has 0 saturated carbocycles. The predicted octanol–water partition coefficient (Wildman–Crippen LogP) is 4.41. The molecule has 6 heteroatoms. The Balaban J connectivity index is -0.000000112. The third-order valence-corrected chi connectivity index (χ3v) is 3.22. The summed E-state index contributed by atoms with van der Waals surface area (Å²) >= 11 is 0. The minimum Gasteiger partial charge on any atom is -0.105 e. The largest absolute Gasteiger partial charge is 0.105 e. The Morgan fingerprint density at radius 1 is 0.500 bits per heavy atom. The van der Waals surface area contributed by atoms with Crippen LogP contribution in [0.1, 0.15) is 27.7 Å². The van der Waals surface area contributed by atoms with Gasteiger partial charge in [0, 0.05) is 151 Å². The van der Waals surface area contributed by atoms with E-state index in [0.29, 0.717) is 0 Å². The van der Waals surface area contributed by atoms with Gasteiger partial charge in [-0.15, -0.1) is 18.5 Å². The number of hydrogen-bond donors (Lipinski definition) is 0. The Morgan fingerprint density at radius 3 is 0.955 bits per heavy atom. The van der Waals surface area contributed by atoms with Crippen molar-refractivity contribution in [3.63, 3.8) is 0 Å². The summed E-state index contributed by atoms with van der Waals surface area (Å²) in [7, 11) is 5.55. The zero-order valence-electron chi connectivity index (χ0n) is 13.2. The third-order valence-electron chi connectivity index (χ3n) is 2.21. The fraction of sp³-hybridized carbons (Fsp3) is 0.250. The summed E-state index contributed by atoms with van der Waals surface area (Å²) < 4.78 is 0. The van der Waals surface area contributed by atoms with Crippen molar-refractivity contribution in [1.29, 1.82) is 0 Å². The van der Waals surface area contributed by atoms with Gasteiger partial charge in [-0.1, -0.05) is 76.2 Å². The van der Waals surface area contributed by atoms with Gasteiger partial charge in [0.2, 0.25) is 0 Å². The molecule has 0 amide bonds. The SMILES string of the molecule is CC.CC.Pc1ccccc1-c1ccccc1P.[Ar].[Ar].[Ar].[Ar]. The summed E-state index contributed by atoms with van der Waals surface area (Å²) in [4.78, 5) is 0. The topological polar surface area (TPSA) is 0 Å². The summed E-state index contributed by atoms with van der Waals surface area (Å²) in [5, 5.41) is 2.48. The quantitative estimate of drug-likeness (QED) is 0.580. The third kappa shape index (κ3) is 14.4. The zero-order chi connectivity index (χ0) is 14.0. The van der Waals surface area contributed by atoms with E-state index in [2.05, 4.69) is 67.0 Å². The van der Waals surface area contributed by atoms with E-state index >= 15 is 0 Å². The van der Waals surface area contributed by atoms with Crippen LogP contribution in [0, 0.1) is 151 Å². The van der Waals surface area contributed by atoms with Gasteiger partial charge in [-0.2, -0.15) is 0 Å². The molecule has 0 aliphatic rings. The molecule has 2 rings (SSSR count). The Hall–Kier alpha value is 4.34. The molecule has 0 aromatic heterocycles. The van der Waals surface area contributed by atoms with Crippen LogP contribution in [0.15, 0.2) is 48.5 Å². The van der Waals surface area contributed by atoms with Crippen LogP contribution >= 0.6 is 18.5 Å². The summed E-state index contributed by atoms with van der Waals surface area (Å²) in [5.74, 6) is 0. The maximum absolute atomic E-state index is 2.77. The zero-order valence-corrected chi connectivity index (χ0v) is 18.3. The molecule has 0 bridgehead atoms. The van der Waals surface area contributed by atoms with Crippen LogP contribution < -0.4 is 10.6 Å². The van der Waals surface area contributed by atoms with Crippen molar-refractivity contribution in [1.82, 2.24) is 0 Å². The molecule has 0 aliphatic carbocycles. The average Bonchev–Trinajstić information content (AvgIpc) is 2.45. The number of benzene rings is 2. The van der Waals surface area contributed by atoms with Crippen LogP contribution in [0.5, 0.6) is 0 Å². The standard InChI is InChI=1S/C12H12P2.2C2H6.4Ar/c13-11-7-3-1-5-9(11)10-6-2-4-8-12(10)14;2*1-2;;;;/h1-8H,13-14H2;2*1-2H3;;;;. The van der Waals surface area contributed by atoms with Crippen LogP contribution in [-0.4, -0.2) is 0 Å². The Kier molecular flexibility index (Phi) is 42.8. The molecular weight excluding hydrogens is 414 g/mol. The van der Waals surface area contributed by atoms with E-state index in [1.54, 1.807) is 0 Å². The molecule has 0 aliphatic heterocycles. The molecule has 2 atom stereocenters. The van der Waals surface area contributed by atoms with E-state index in [1.807, 2.05) is 27.7 Å². The molecular formula is C16H24Ar4P2. The smallest absolute Gasteiger partial charge is 0 e. The minimum absolute atomic E-state index is 0. The molecule has 0 fully saturated rings. The van der Waals surface area contributed by atoms with Gasteiger partial charge >= 0.3 is 0 Å². The monoisotopic (exact) mass is 438 g/mol. The van der Waals surface area contributed by atoms with E-state index in [0.717, 1.165) is 0 Å². The Labute approximate surface area is 261 Å². The summed E-state index contributed by atoms with van der Waals surface area (Å²) in [5.41, 5.74) is 2.56. The first kappa shape index (κ1) is 37.1. The molecule has 0 spiro atoms. The second kappa shape index (κ2) is 25.3. The summed E-state index contributed by atoms with van der Waals surface area (Å²) in [6.45, 7) is 8.00. The molecule has 130 valence electrons. The average molecular weight is 438 g/mol. The first-order valence-corrected chi connectivity index (χ1v) is 7.64. The van der Waals surface area contributed by atoms with Crippen molar-refractivity contribution in [2.24, 2.45) is 0 Å². The normalized spacial score (nSPS) is 7.00. The van der Waals surface area contributed by atoms with Crippen molar-refractivity contribution in [2.45, 2.75) is 27.7 Å². The number of hydrogen-bond acceptors (Lipinski definition) is 0. The fourth-order valence-electron chi connectivity index (χ4n) is 1.48. The maximum atomic E-state index is 2.77. The van der Waals surface area contributed by atoms with Gasteiger partial charge in [-0.25, -0.2) is 0 Å². The molecule has 0 saturated heterocycles. The predicted molar refractivity (Wildman–Crippen MR) is 93.3 cm³/mol. The van der Waals surface area contributed by atoms with E-state index in [-0.39, 0.29) is 151 Å². The van der Waals surface area contributed by atoms with Crippen molar-refractivity contribution in [2.75, 3.05) is 0 Å².